The first-order valence-electron chi connectivity index (χ1n) is 11.3. The number of hydrogen-bond donors (Lipinski definition) is 1. The third-order valence-corrected chi connectivity index (χ3v) is 7.61. The molecule has 0 amide bonds. The van der Waals surface area contributed by atoms with Gasteiger partial charge in [0.1, 0.15) is 10.9 Å². The zero-order chi connectivity index (χ0) is 22.5. The van der Waals surface area contributed by atoms with E-state index in [4.69, 9.17) is 19.4 Å². The minimum Gasteiger partial charge on any atom is -0.474 e. The lowest BCUT2D eigenvalue weighted by Gasteiger charge is -2.33. The van der Waals surface area contributed by atoms with E-state index in [2.05, 4.69) is 43.3 Å². The van der Waals surface area contributed by atoms with Crippen LogP contribution in [-0.4, -0.2) is 56.5 Å². The van der Waals surface area contributed by atoms with Crippen LogP contribution in [0, 0.1) is 0 Å². The molecule has 0 saturated heterocycles. The number of ether oxygens (including phenoxy) is 2. The average Bonchev–Trinajstić information content (AvgIpc) is 3.30. The first-order valence-corrected chi connectivity index (χ1v) is 12.1. The maximum atomic E-state index is 6.61. The van der Waals surface area contributed by atoms with Crippen molar-refractivity contribution >= 4 is 33.2 Å². The number of thiophene rings is 1. The first kappa shape index (κ1) is 21.6. The highest BCUT2D eigenvalue weighted by atomic mass is 32.1. The Morgan fingerprint density at radius 2 is 2.00 bits per heavy atom. The molecule has 4 heterocycles. The molecule has 1 fully saturated rings. The van der Waals surface area contributed by atoms with Gasteiger partial charge in [0.25, 0.3) is 0 Å². The zero-order valence-electron chi connectivity index (χ0n) is 19.5. The molecular formula is C23H32N6O2S. The average molecular weight is 457 g/mol. The molecule has 9 heteroatoms. The van der Waals surface area contributed by atoms with Crippen molar-refractivity contribution in [2.75, 3.05) is 19.4 Å². The topological polar surface area (TPSA) is 77.3 Å². The van der Waals surface area contributed by atoms with Crippen molar-refractivity contribution in [3.8, 4) is 5.88 Å². The molecule has 0 unspecified atom stereocenters. The molecule has 0 bridgehead atoms. The molecule has 172 valence electrons. The quantitative estimate of drug-likeness (QED) is 0.614. The summed E-state index contributed by atoms with van der Waals surface area (Å²) in [5.74, 6) is 1.24. The standard InChI is InChI=1S/C23H32N6O2S/c1-23(2)10-17-18(13-30-23)32-21-19(17)20(31-16-8-6-15(7-9-16)28(3)4)26-22(27-21)25-14-11-24-29(5)12-14/h11-12,15-16H,6-10,13H2,1-5H3,(H,25,26,27). The Morgan fingerprint density at radius 3 is 2.69 bits per heavy atom. The number of anilines is 2. The zero-order valence-corrected chi connectivity index (χ0v) is 20.3. The van der Waals surface area contributed by atoms with Gasteiger partial charge in [0.05, 0.1) is 29.5 Å². The Labute approximate surface area is 192 Å². The summed E-state index contributed by atoms with van der Waals surface area (Å²) in [7, 11) is 6.22. The van der Waals surface area contributed by atoms with E-state index in [1.807, 2.05) is 13.2 Å². The summed E-state index contributed by atoms with van der Waals surface area (Å²) in [6.07, 6.45) is 9.08. The molecule has 0 spiro atoms. The van der Waals surface area contributed by atoms with Crippen molar-refractivity contribution in [3.05, 3.63) is 22.8 Å². The van der Waals surface area contributed by atoms with Gasteiger partial charge in [-0.15, -0.1) is 11.3 Å². The van der Waals surface area contributed by atoms with Crippen molar-refractivity contribution in [2.45, 2.75) is 70.3 Å². The number of rotatable bonds is 5. The summed E-state index contributed by atoms with van der Waals surface area (Å²) in [4.78, 5) is 14.2. The largest absolute Gasteiger partial charge is 0.474 e. The van der Waals surface area contributed by atoms with Crippen LogP contribution in [0.3, 0.4) is 0 Å². The van der Waals surface area contributed by atoms with Crippen LogP contribution in [0.4, 0.5) is 11.6 Å². The monoisotopic (exact) mass is 456 g/mol. The van der Waals surface area contributed by atoms with Crippen LogP contribution >= 0.6 is 11.3 Å². The van der Waals surface area contributed by atoms with Gasteiger partial charge in [-0.05, 0) is 59.2 Å². The Morgan fingerprint density at radius 1 is 1.22 bits per heavy atom. The van der Waals surface area contributed by atoms with E-state index in [0.717, 1.165) is 48.0 Å². The van der Waals surface area contributed by atoms with Crippen LogP contribution in [0.5, 0.6) is 5.88 Å². The lowest BCUT2D eigenvalue weighted by atomic mass is 9.92. The molecule has 1 aliphatic carbocycles. The molecule has 1 saturated carbocycles. The molecule has 8 nitrogen and oxygen atoms in total. The third kappa shape index (κ3) is 4.33. The number of hydrogen-bond acceptors (Lipinski definition) is 8. The van der Waals surface area contributed by atoms with Gasteiger partial charge in [0.2, 0.25) is 11.8 Å². The van der Waals surface area contributed by atoms with Gasteiger partial charge in [0, 0.05) is 30.6 Å². The van der Waals surface area contributed by atoms with E-state index in [1.54, 1.807) is 22.2 Å². The van der Waals surface area contributed by atoms with Gasteiger partial charge in [-0.25, -0.2) is 4.98 Å². The number of nitrogens with one attached hydrogen (secondary N) is 1. The fourth-order valence-corrected chi connectivity index (χ4v) is 5.80. The molecule has 3 aromatic heterocycles. The van der Waals surface area contributed by atoms with Crippen LogP contribution in [0.15, 0.2) is 12.4 Å². The van der Waals surface area contributed by atoms with Gasteiger partial charge >= 0.3 is 0 Å². The summed E-state index contributed by atoms with van der Waals surface area (Å²) >= 11 is 1.69. The van der Waals surface area contributed by atoms with E-state index in [0.29, 0.717) is 24.5 Å². The van der Waals surface area contributed by atoms with Crippen molar-refractivity contribution in [1.29, 1.82) is 0 Å². The van der Waals surface area contributed by atoms with E-state index in [9.17, 15) is 0 Å². The van der Waals surface area contributed by atoms with E-state index >= 15 is 0 Å². The Bertz CT molecular complexity index is 1110. The molecule has 0 radical (unpaired) electrons. The second-order valence-corrected chi connectivity index (χ2v) is 10.9. The molecule has 32 heavy (non-hydrogen) atoms. The molecule has 5 rings (SSSR count). The molecule has 0 aromatic carbocycles. The maximum absolute atomic E-state index is 6.61. The summed E-state index contributed by atoms with van der Waals surface area (Å²) in [6, 6.07) is 0.634. The SMILES string of the molecule is CN(C)C1CCC(Oc2nc(Nc3cnn(C)c3)nc3sc4c(c23)CC(C)(C)OC4)CC1. The smallest absolute Gasteiger partial charge is 0.232 e. The Kier molecular flexibility index (Phi) is 5.59. The summed E-state index contributed by atoms with van der Waals surface area (Å²) < 4.78 is 14.4. The van der Waals surface area contributed by atoms with E-state index in [1.165, 1.54) is 10.4 Å². The second kappa shape index (κ2) is 8.28. The highest BCUT2D eigenvalue weighted by Gasteiger charge is 2.32. The molecule has 1 aliphatic heterocycles. The van der Waals surface area contributed by atoms with Crippen LogP contribution in [-0.2, 0) is 24.8 Å². The fraction of sp³-hybridized carbons (Fsp3) is 0.609. The normalized spacial score (nSPS) is 22.8. The molecular weight excluding hydrogens is 424 g/mol. The number of aryl methyl sites for hydroxylation is 1. The number of fused-ring (bicyclic) bond motifs is 3. The van der Waals surface area contributed by atoms with Crippen molar-refractivity contribution < 1.29 is 9.47 Å². The predicted octanol–water partition coefficient (Wildman–Crippen LogP) is 4.27. The number of nitrogens with zero attached hydrogens (tertiary/aromatic N) is 5. The van der Waals surface area contributed by atoms with Gasteiger partial charge in [-0.3, -0.25) is 4.68 Å². The summed E-state index contributed by atoms with van der Waals surface area (Å²) in [5, 5.41) is 8.59. The number of aromatic nitrogens is 4. The minimum atomic E-state index is -0.200. The second-order valence-electron chi connectivity index (χ2n) is 9.80. The maximum Gasteiger partial charge on any atom is 0.232 e. The molecule has 3 aromatic rings. The summed E-state index contributed by atoms with van der Waals surface area (Å²) in [6.45, 7) is 4.89. The van der Waals surface area contributed by atoms with Crippen LogP contribution in [0.2, 0.25) is 0 Å². The summed E-state index contributed by atoms with van der Waals surface area (Å²) in [5.41, 5.74) is 1.94. The van der Waals surface area contributed by atoms with Crippen LogP contribution in [0.25, 0.3) is 10.2 Å². The Hall–Kier alpha value is -2.23. The van der Waals surface area contributed by atoms with Crippen molar-refractivity contribution in [1.82, 2.24) is 24.6 Å². The van der Waals surface area contributed by atoms with Gasteiger partial charge < -0.3 is 19.7 Å². The fourth-order valence-electron chi connectivity index (χ4n) is 4.70. The van der Waals surface area contributed by atoms with Gasteiger partial charge in [-0.1, -0.05) is 0 Å². The van der Waals surface area contributed by atoms with Gasteiger partial charge in [0.15, 0.2) is 0 Å². The third-order valence-electron chi connectivity index (χ3n) is 6.51. The van der Waals surface area contributed by atoms with Crippen LogP contribution in [0.1, 0.15) is 50.0 Å². The van der Waals surface area contributed by atoms with Crippen molar-refractivity contribution in [2.24, 2.45) is 7.05 Å². The lowest BCUT2D eigenvalue weighted by molar-refractivity contribution is -0.0379. The van der Waals surface area contributed by atoms with Crippen LogP contribution < -0.4 is 10.1 Å². The van der Waals surface area contributed by atoms with E-state index in [-0.39, 0.29) is 11.7 Å². The van der Waals surface area contributed by atoms with Gasteiger partial charge in [-0.2, -0.15) is 10.1 Å². The molecule has 0 atom stereocenters. The first-order chi connectivity index (χ1) is 15.3. The molecule has 2 aliphatic rings. The highest BCUT2D eigenvalue weighted by molar-refractivity contribution is 7.18. The predicted molar refractivity (Wildman–Crippen MR) is 127 cm³/mol. The Balaban J connectivity index is 1.50. The minimum absolute atomic E-state index is 0.180. The molecule has 1 N–H and O–H groups in total. The van der Waals surface area contributed by atoms with Crippen molar-refractivity contribution in [3.63, 3.8) is 0 Å². The van der Waals surface area contributed by atoms with E-state index < -0.39 is 0 Å². The lowest BCUT2D eigenvalue weighted by Crippen LogP contribution is -2.35. The highest BCUT2D eigenvalue weighted by Crippen LogP contribution is 2.43.